The van der Waals surface area contributed by atoms with Gasteiger partial charge in [0.15, 0.2) is 0 Å². The lowest BCUT2D eigenvalue weighted by Crippen LogP contribution is -2.24. The van der Waals surface area contributed by atoms with Gasteiger partial charge >= 0.3 is 6.18 Å². The molecular formula is C10H11F3N2. The molecule has 0 amide bonds. The van der Waals surface area contributed by atoms with Gasteiger partial charge in [0.05, 0.1) is 12.5 Å². The monoisotopic (exact) mass is 216 g/mol. The van der Waals surface area contributed by atoms with Gasteiger partial charge < -0.3 is 0 Å². The van der Waals surface area contributed by atoms with E-state index in [4.69, 9.17) is 0 Å². The van der Waals surface area contributed by atoms with Gasteiger partial charge in [-0.25, -0.2) is 0 Å². The van der Waals surface area contributed by atoms with Crippen LogP contribution in [0.5, 0.6) is 0 Å². The van der Waals surface area contributed by atoms with Gasteiger partial charge in [0.2, 0.25) is 0 Å². The molecule has 0 N–H and O–H groups in total. The molecule has 0 spiro atoms. The number of hydrogen-bond donors (Lipinski definition) is 0. The van der Waals surface area contributed by atoms with Crippen LogP contribution in [0.25, 0.3) is 0 Å². The van der Waals surface area contributed by atoms with Crippen LogP contribution in [0.1, 0.15) is 12.8 Å². The zero-order valence-electron chi connectivity index (χ0n) is 8.09. The van der Waals surface area contributed by atoms with Gasteiger partial charge in [-0.1, -0.05) is 6.08 Å². The van der Waals surface area contributed by atoms with Crippen molar-refractivity contribution in [1.29, 1.82) is 0 Å². The summed E-state index contributed by atoms with van der Waals surface area (Å²) in [7, 11) is 0. The fourth-order valence-electron chi connectivity index (χ4n) is 1.71. The summed E-state index contributed by atoms with van der Waals surface area (Å²) in [4.78, 5) is 7.98. The highest BCUT2D eigenvalue weighted by atomic mass is 19.4. The molecule has 0 aromatic heterocycles. The molecular weight excluding hydrogens is 205 g/mol. The Labute approximate surface area is 85.6 Å². The quantitative estimate of drug-likeness (QED) is 0.643. The Bertz CT molecular complexity index is 339. The largest absolute Gasteiger partial charge is 0.393 e. The normalized spacial score (nSPS) is 26.5. The number of hydrogen-bond acceptors (Lipinski definition) is 2. The summed E-state index contributed by atoms with van der Waals surface area (Å²) in [5, 5.41) is 0. The molecule has 5 heteroatoms. The van der Waals surface area contributed by atoms with Gasteiger partial charge in [-0.15, -0.1) is 0 Å². The molecule has 2 aliphatic heterocycles. The Morgan fingerprint density at radius 1 is 1.33 bits per heavy atom. The van der Waals surface area contributed by atoms with Crippen LogP contribution in [-0.2, 0) is 0 Å². The van der Waals surface area contributed by atoms with Crippen LogP contribution < -0.4 is 0 Å². The Morgan fingerprint density at radius 3 is 2.67 bits per heavy atom. The Kier molecular flexibility index (Phi) is 2.63. The standard InChI is InChI=1S/C10H11F3N2/c11-10(12,13)8-4-9(15-6-8)7-2-1-3-14-5-7/h2,5,8H,1,3-4,6H2. The van der Waals surface area contributed by atoms with Crippen LogP contribution in [0.4, 0.5) is 13.2 Å². The zero-order chi connectivity index (χ0) is 10.9. The molecule has 0 fully saturated rings. The van der Waals surface area contributed by atoms with Crippen molar-refractivity contribution >= 4 is 11.9 Å². The summed E-state index contributed by atoms with van der Waals surface area (Å²) >= 11 is 0. The molecule has 0 saturated carbocycles. The minimum atomic E-state index is -4.13. The van der Waals surface area contributed by atoms with Crippen molar-refractivity contribution in [3.05, 3.63) is 11.6 Å². The molecule has 0 aromatic rings. The molecule has 0 bridgehead atoms. The average Bonchev–Trinajstić information content (AvgIpc) is 2.67. The molecule has 0 saturated heterocycles. The Hall–Kier alpha value is -1.13. The number of nitrogens with zero attached hydrogens (tertiary/aromatic N) is 2. The van der Waals surface area contributed by atoms with E-state index in [1.165, 1.54) is 0 Å². The lowest BCUT2D eigenvalue weighted by Gasteiger charge is -2.13. The van der Waals surface area contributed by atoms with Crippen molar-refractivity contribution in [2.75, 3.05) is 13.1 Å². The third kappa shape index (κ3) is 2.27. The first-order chi connectivity index (χ1) is 7.07. The summed E-state index contributed by atoms with van der Waals surface area (Å²) in [6.07, 6.45) is 0.201. The van der Waals surface area contributed by atoms with Gasteiger partial charge in [0, 0.05) is 30.5 Å². The highest BCUT2D eigenvalue weighted by Crippen LogP contribution is 2.33. The second-order valence-corrected chi connectivity index (χ2v) is 3.71. The minimum absolute atomic E-state index is 0.00134. The first-order valence-corrected chi connectivity index (χ1v) is 4.88. The molecule has 0 radical (unpaired) electrons. The van der Waals surface area contributed by atoms with E-state index in [1.54, 1.807) is 6.21 Å². The maximum absolute atomic E-state index is 12.4. The summed E-state index contributed by atoms with van der Waals surface area (Å²) in [6, 6.07) is 0. The van der Waals surface area contributed by atoms with E-state index in [-0.39, 0.29) is 13.0 Å². The van der Waals surface area contributed by atoms with Gasteiger partial charge in [-0.3, -0.25) is 9.98 Å². The summed E-state index contributed by atoms with van der Waals surface area (Å²) < 4.78 is 37.1. The minimum Gasteiger partial charge on any atom is -0.292 e. The summed E-state index contributed by atoms with van der Waals surface area (Å²) in [5.41, 5.74) is 1.33. The molecule has 15 heavy (non-hydrogen) atoms. The van der Waals surface area contributed by atoms with Crippen LogP contribution in [-0.4, -0.2) is 31.2 Å². The topological polar surface area (TPSA) is 24.7 Å². The van der Waals surface area contributed by atoms with E-state index in [0.29, 0.717) is 5.71 Å². The fourth-order valence-corrected chi connectivity index (χ4v) is 1.71. The number of alkyl halides is 3. The van der Waals surface area contributed by atoms with E-state index in [2.05, 4.69) is 9.98 Å². The van der Waals surface area contributed by atoms with Crippen LogP contribution in [0, 0.1) is 5.92 Å². The second kappa shape index (κ2) is 3.79. The molecule has 0 aromatic carbocycles. The lowest BCUT2D eigenvalue weighted by atomic mass is 10.00. The van der Waals surface area contributed by atoms with Crippen LogP contribution in [0.15, 0.2) is 21.6 Å². The van der Waals surface area contributed by atoms with Crippen molar-refractivity contribution < 1.29 is 13.2 Å². The Balaban J connectivity index is 2.03. The van der Waals surface area contributed by atoms with Gasteiger partial charge in [-0.05, 0) is 6.42 Å². The number of aliphatic imine (C=N–C) groups is 2. The molecule has 2 rings (SSSR count). The molecule has 0 aliphatic carbocycles. The molecule has 2 heterocycles. The predicted molar refractivity (Wildman–Crippen MR) is 52.5 cm³/mol. The van der Waals surface area contributed by atoms with Crippen molar-refractivity contribution in [2.24, 2.45) is 15.9 Å². The van der Waals surface area contributed by atoms with E-state index in [9.17, 15) is 13.2 Å². The Morgan fingerprint density at radius 2 is 2.13 bits per heavy atom. The summed E-state index contributed by atoms with van der Waals surface area (Å²) in [5.74, 6) is -1.30. The third-order valence-electron chi connectivity index (χ3n) is 2.59. The first kappa shape index (κ1) is 10.4. The molecule has 2 aliphatic rings. The van der Waals surface area contributed by atoms with Crippen molar-refractivity contribution in [3.63, 3.8) is 0 Å². The number of allylic oxidation sites excluding steroid dienone is 1. The average molecular weight is 216 g/mol. The zero-order valence-corrected chi connectivity index (χ0v) is 8.09. The number of rotatable bonds is 1. The fraction of sp³-hybridized carbons (Fsp3) is 0.600. The SMILES string of the molecule is FC(F)(F)C1CN=C(C2=CCCN=C2)C1. The predicted octanol–water partition coefficient (Wildman–Crippen LogP) is 2.41. The van der Waals surface area contributed by atoms with E-state index in [1.807, 2.05) is 6.08 Å². The van der Waals surface area contributed by atoms with Crippen LogP contribution in [0.3, 0.4) is 0 Å². The van der Waals surface area contributed by atoms with Crippen LogP contribution in [0.2, 0.25) is 0 Å². The number of dihydropyridines is 1. The lowest BCUT2D eigenvalue weighted by molar-refractivity contribution is -0.167. The number of halogens is 3. The highest BCUT2D eigenvalue weighted by Gasteiger charge is 2.42. The second-order valence-electron chi connectivity index (χ2n) is 3.71. The van der Waals surface area contributed by atoms with E-state index >= 15 is 0 Å². The smallest absolute Gasteiger partial charge is 0.292 e. The van der Waals surface area contributed by atoms with Gasteiger partial charge in [-0.2, -0.15) is 13.2 Å². The molecule has 2 nitrogen and oxygen atoms in total. The first-order valence-electron chi connectivity index (χ1n) is 4.88. The van der Waals surface area contributed by atoms with E-state index < -0.39 is 12.1 Å². The van der Waals surface area contributed by atoms with E-state index in [0.717, 1.165) is 18.5 Å². The van der Waals surface area contributed by atoms with Gasteiger partial charge in [0.1, 0.15) is 0 Å². The molecule has 1 unspecified atom stereocenters. The maximum Gasteiger partial charge on any atom is 0.393 e. The molecule has 1 atom stereocenters. The van der Waals surface area contributed by atoms with Crippen molar-refractivity contribution in [2.45, 2.75) is 19.0 Å². The highest BCUT2D eigenvalue weighted by molar-refractivity contribution is 6.17. The van der Waals surface area contributed by atoms with Crippen LogP contribution >= 0.6 is 0 Å². The molecule has 82 valence electrons. The summed E-state index contributed by atoms with van der Waals surface area (Å²) in [6.45, 7) is 0.587. The maximum atomic E-state index is 12.4. The van der Waals surface area contributed by atoms with Crippen molar-refractivity contribution in [1.82, 2.24) is 0 Å². The third-order valence-corrected chi connectivity index (χ3v) is 2.59. The van der Waals surface area contributed by atoms with Crippen molar-refractivity contribution in [3.8, 4) is 0 Å². The van der Waals surface area contributed by atoms with Gasteiger partial charge in [0.25, 0.3) is 0 Å².